The van der Waals surface area contributed by atoms with Gasteiger partial charge in [-0.2, -0.15) is 11.8 Å². The fourth-order valence-corrected chi connectivity index (χ4v) is 3.06. The van der Waals surface area contributed by atoms with Gasteiger partial charge >= 0.3 is 0 Å². The van der Waals surface area contributed by atoms with E-state index in [9.17, 15) is 0 Å². The summed E-state index contributed by atoms with van der Waals surface area (Å²) in [6, 6.07) is 6.11. The van der Waals surface area contributed by atoms with Gasteiger partial charge in [0.1, 0.15) is 0 Å². The highest BCUT2D eigenvalue weighted by molar-refractivity contribution is 7.99. The fraction of sp³-hybridized carbons (Fsp3) is 0.462. The van der Waals surface area contributed by atoms with Crippen LogP contribution in [-0.4, -0.2) is 35.6 Å². The van der Waals surface area contributed by atoms with Crippen molar-refractivity contribution in [2.45, 2.75) is 13.3 Å². The number of benzene rings is 1. The molecule has 0 aliphatic carbocycles. The molecule has 0 radical (unpaired) electrons. The summed E-state index contributed by atoms with van der Waals surface area (Å²) in [5.41, 5.74) is 8.78. The van der Waals surface area contributed by atoms with Crippen LogP contribution in [0.2, 0.25) is 0 Å². The predicted molar refractivity (Wildman–Crippen MR) is 77.8 cm³/mol. The van der Waals surface area contributed by atoms with E-state index in [0.29, 0.717) is 0 Å². The molecule has 5 heteroatoms. The van der Waals surface area contributed by atoms with Gasteiger partial charge < -0.3 is 15.8 Å². The Hall–Kier alpha value is -1.36. The number of anilines is 1. The summed E-state index contributed by atoms with van der Waals surface area (Å²) in [4.78, 5) is 2.33. The molecule has 2 rings (SSSR count). The summed E-state index contributed by atoms with van der Waals surface area (Å²) in [7, 11) is 0. The molecule has 0 amide bonds. The molecule has 0 unspecified atom stereocenters. The number of hydrogen-bond donors (Lipinski definition) is 2. The Kier molecular flexibility index (Phi) is 4.36. The summed E-state index contributed by atoms with van der Waals surface area (Å²) < 4.78 is 0. The monoisotopic (exact) mass is 265 g/mol. The van der Waals surface area contributed by atoms with E-state index in [2.05, 4.69) is 22.2 Å². The van der Waals surface area contributed by atoms with Crippen molar-refractivity contribution in [1.82, 2.24) is 0 Å². The van der Waals surface area contributed by atoms with Gasteiger partial charge in [-0.25, -0.2) is 0 Å². The van der Waals surface area contributed by atoms with Gasteiger partial charge in [0.15, 0.2) is 5.84 Å². The highest BCUT2D eigenvalue weighted by atomic mass is 32.2. The van der Waals surface area contributed by atoms with Crippen LogP contribution in [0.4, 0.5) is 5.69 Å². The van der Waals surface area contributed by atoms with Gasteiger partial charge in [0, 0.05) is 30.1 Å². The Morgan fingerprint density at radius 1 is 1.39 bits per heavy atom. The Bertz CT molecular complexity index is 440. The lowest BCUT2D eigenvalue weighted by atomic mass is 10.1. The summed E-state index contributed by atoms with van der Waals surface area (Å²) >= 11 is 1.98. The highest BCUT2D eigenvalue weighted by Gasteiger charge is 2.15. The molecular formula is C13H19N3OS. The zero-order valence-corrected chi connectivity index (χ0v) is 11.4. The number of amidine groups is 1. The van der Waals surface area contributed by atoms with Crippen molar-refractivity contribution in [3.8, 4) is 0 Å². The number of nitrogens with zero attached hydrogens (tertiary/aromatic N) is 2. The Balaban J connectivity index is 2.36. The largest absolute Gasteiger partial charge is 0.409 e. The maximum Gasteiger partial charge on any atom is 0.172 e. The smallest absolute Gasteiger partial charge is 0.172 e. The molecule has 18 heavy (non-hydrogen) atoms. The van der Waals surface area contributed by atoms with Crippen molar-refractivity contribution >= 4 is 23.3 Å². The zero-order chi connectivity index (χ0) is 13.0. The number of thioether (sulfide) groups is 1. The van der Waals surface area contributed by atoms with Gasteiger partial charge in [-0.15, -0.1) is 0 Å². The molecule has 3 N–H and O–H groups in total. The van der Waals surface area contributed by atoms with Crippen molar-refractivity contribution in [2.24, 2.45) is 10.9 Å². The predicted octanol–water partition coefficient (Wildman–Crippen LogP) is 2.03. The summed E-state index contributed by atoms with van der Waals surface area (Å²) in [5.74, 6) is 2.52. The van der Waals surface area contributed by atoms with E-state index in [-0.39, 0.29) is 5.84 Å². The molecule has 0 aromatic heterocycles. The Morgan fingerprint density at radius 3 is 3.00 bits per heavy atom. The molecule has 98 valence electrons. The minimum atomic E-state index is 0.186. The summed E-state index contributed by atoms with van der Waals surface area (Å²) in [6.07, 6.45) is 1.17. The van der Waals surface area contributed by atoms with Crippen molar-refractivity contribution in [3.63, 3.8) is 0 Å². The van der Waals surface area contributed by atoms with E-state index in [1.165, 1.54) is 12.2 Å². The van der Waals surface area contributed by atoms with Gasteiger partial charge in [0.05, 0.1) is 0 Å². The second-order valence-electron chi connectivity index (χ2n) is 4.46. The van der Waals surface area contributed by atoms with Gasteiger partial charge in [-0.1, -0.05) is 16.8 Å². The third kappa shape index (κ3) is 2.90. The molecule has 1 aromatic rings. The van der Waals surface area contributed by atoms with E-state index in [1.807, 2.05) is 24.8 Å². The quantitative estimate of drug-likeness (QED) is 0.372. The van der Waals surface area contributed by atoms with Crippen LogP contribution >= 0.6 is 11.8 Å². The molecule has 0 saturated carbocycles. The van der Waals surface area contributed by atoms with Crippen LogP contribution in [0.1, 0.15) is 17.5 Å². The lowest BCUT2D eigenvalue weighted by molar-refractivity contribution is 0.318. The number of oxime groups is 1. The minimum absolute atomic E-state index is 0.186. The molecule has 1 saturated heterocycles. The first kappa shape index (κ1) is 13.1. The van der Waals surface area contributed by atoms with Crippen LogP contribution in [-0.2, 0) is 0 Å². The SMILES string of the molecule is Cc1ccc(N2CCCSCC2)c(/C(N)=N/O)c1. The molecule has 4 nitrogen and oxygen atoms in total. The molecule has 1 fully saturated rings. The van der Waals surface area contributed by atoms with Crippen LogP contribution in [0.5, 0.6) is 0 Å². The van der Waals surface area contributed by atoms with E-state index in [0.717, 1.165) is 35.7 Å². The van der Waals surface area contributed by atoms with Crippen molar-refractivity contribution in [1.29, 1.82) is 0 Å². The van der Waals surface area contributed by atoms with Gasteiger partial charge in [-0.3, -0.25) is 0 Å². The zero-order valence-electron chi connectivity index (χ0n) is 10.6. The fourth-order valence-electron chi connectivity index (χ4n) is 2.17. The van der Waals surface area contributed by atoms with Gasteiger partial charge in [0.25, 0.3) is 0 Å². The number of aryl methyl sites for hydroxylation is 1. The minimum Gasteiger partial charge on any atom is -0.409 e. The summed E-state index contributed by atoms with van der Waals surface area (Å²) in [5, 5.41) is 12.0. The second-order valence-corrected chi connectivity index (χ2v) is 5.68. The molecule has 0 spiro atoms. The lowest BCUT2D eigenvalue weighted by Gasteiger charge is -2.25. The first-order valence-corrected chi connectivity index (χ1v) is 7.29. The van der Waals surface area contributed by atoms with Crippen LogP contribution in [0.15, 0.2) is 23.4 Å². The van der Waals surface area contributed by atoms with Crippen LogP contribution in [0.25, 0.3) is 0 Å². The number of hydrogen-bond acceptors (Lipinski definition) is 4. The molecule has 1 heterocycles. The lowest BCUT2D eigenvalue weighted by Crippen LogP contribution is -2.28. The topological polar surface area (TPSA) is 61.8 Å². The first-order valence-electron chi connectivity index (χ1n) is 6.13. The normalized spacial score (nSPS) is 17.6. The third-order valence-corrected chi connectivity index (χ3v) is 4.15. The van der Waals surface area contributed by atoms with E-state index in [4.69, 9.17) is 10.9 Å². The van der Waals surface area contributed by atoms with Crippen molar-refractivity contribution < 1.29 is 5.21 Å². The Morgan fingerprint density at radius 2 is 2.22 bits per heavy atom. The molecule has 1 aromatic carbocycles. The van der Waals surface area contributed by atoms with Crippen LogP contribution < -0.4 is 10.6 Å². The molecule has 0 bridgehead atoms. The third-order valence-electron chi connectivity index (χ3n) is 3.10. The van der Waals surface area contributed by atoms with E-state index in [1.54, 1.807) is 0 Å². The molecule has 1 aliphatic rings. The van der Waals surface area contributed by atoms with E-state index >= 15 is 0 Å². The van der Waals surface area contributed by atoms with Crippen LogP contribution in [0.3, 0.4) is 0 Å². The molecular weight excluding hydrogens is 246 g/mol. The average Bonchev–Trinajstić information content (AvgIpc) is 2.66. The number of rotatable bonds is 2. The van der Waals surface area contributed by atoms with Gasteiger partial charge in [-0.05, 0) is 31.2 Å². The van der Waals surface area contributed by atoms with Crippen LogP contribution in [0, 0.1) is 6.92 Å². The van der Waals surface area contributed by atoms with Crippen molar-refractivity contribution in [2.75, 3.05) is 29.5 Å². The maximum absolute atomic E-state index is 8.90. The molecule has 0 atom stereocenters. The van der Waals surface area contributed by atoms with E-state index < -0.39 is 0 Å². The average molecular weight is 265 g/mol. The maximum atomic E-state index is 8.90. The van der Waals surface area contributed by atoms with Crippen molar-refractivity contribution in [3.05, 3.63) is 29.3 Å². The second kappa shape index (κ2) is 6.00. The molecule has 1 aliphatic heterocycles. The summed E-state index contributed by atoms with van der Waals surface area (Å²) in [6.45, 7) is 4.05. The Labute approximate surface area is 112 Å². The van der Waals surface area contributed by atoms with Gasteiger partial charge in [0.2, 0.25) is 0 Å². The highest BCUT2D eigenvalue weighted by Crippen LogP contribution is 2.24. The first-order chi connectivity index (χ1) is 8.72. The standard InChI is InChI=1S/C13H19N3OS/c1-10-3-4-12(11(9-10)13(14)15-17)16-5-2-7-18-8-6-16/h3-4,9,17H,2,5-8H2,1H3,(H2,14,15). The number of nitrogens with two attached hydrogens (primary N) is 1.